The Kier molecular flexibility index (Phi) is 4.74. The highest BCUT2D eigenvalue weighted by Crippen LogP contribution is 2.45. The first kappa shape index (κ1) is 19.1. The number of alkyl carbamates (subject to hydrolysis) is 1. The molecule has 3 heterocycles. The summed E-state index contributed by atoms with van der Waals surface area (Å²) in [6.07, 6.45) is 1.20. The van der Waals surface area contributed by atoms with E-state index in [2.05, 4.69) is 34.5 Å². The number of fused-ring (bicyclic) bond motifs is 6. The Hall–Kier alpha value is -2.86. The number of rotatable bonds is 5. The molecule has 0 radical (unpaired) electrons. The van der Waals surface area contributed by atoms with Gasteiger partial charge >= 0.3 is 12.1 Å². The second-order valence-electron chi connectivity index (χ2n) is 8.69. The lowest BCUT2D eigenvalue weighted by molar-refractivity contribution is -0.161. The van der Waals surface area contributed by atoms with Gasteiger partial charge in [-0.05, 0) is 54.1 Å². The van der Waals surface area contributed by atoms with Crippen LogP contribution in [0.25, 0.3) is 11.1 Å². The third kappa shape index (κ3) is 3.06. The molecule has 1 unspecified atom stereocenters. The first-order valence-electron chi connectivity index (χ1n) is 10.6. The lowest BCUT2D eigenvalue weighted by atomic mass is 9.66. The van der Waals surface area contributed by atoms with E-state index >= 15 is 0 Å². The van der Waals surface area contributed by atoms with E-state index in [0.717, 1.165) is 37.1 Å². The summed E-state index contributed by atoms with van der Waals surface area (Å²) in [4.78, 5) is 26.8. The summed E-state index contributed by atoms with van der Waals surface area (Å²) in [5.74, 6) is -0.724. The molecule has 2 aromatic rings. The van der Waals surface area contributed by atoms with Gasteiger partial charge in [-0.3, -0.25) is 4.79 Å². The summed E-state index contributed by atoms with van der Waals surface area (Å²) in [5, 5.41) is 12.7. The zero-order valence-corrected chi connectivity index (χ0v) is 16.8. The van der Waals surface area contributed by atoms with Crippen LogP contribution < -0.4 is 5.32 Å². The molecule has 3 fully saturated rings. The average molecular weight is 406 g/mol. The van der Waals surface area contributed by atoms with Crippen LogP contribution in [0.5, 0.6) is 0 Å². The molecule has 3 aliphatic heterocycles. The van der Waals surface area contributed by atoms with Crippen molar-refractivity contribution in [3.63, 3.8) is 0 Å². The molecule has 30 heavy (non-hydrogen) atoms. The number of carboxylic acids is 1. The first-order valence-corrected chi connectivity index (χ1v) is 10.6. The Labute approximate surface area is 175 Å². The molecule has 1 amide bonds. The van der Waals surface area contributed by atoms with E-state index in [1.807, 2.05) is 24.3 Å². The van der Waals surface area contributed by atoms with Gasteiger partial charge < -0.3 is 20.1 Å². The molecule has 3 saturated heterocycles. The molecule has 4 aliphatic rings. The molecule has 156 valence electrons. The van der Waals surface area contributed by atoms with E-state index in [-0.39, 0.29) is 25.0 Å². The summed E-state index contributed by atoms with van der Waals surface area (Å²) in [7, 11) is 0. The minimum absolute atomic E-state index is 0.00612. The number of carbonyl (C=O) groups is 2. The van der Waals surface area contributed by atoms with E-state index in [0.29, 0.717) is 6.54 Å². The van der Waals surface area contributed by atoms with Gasteiger partial charge in [0.1, 0.15) is 12.0 Å². The van der Waals surface area contributed by atoms with Crippen LogP contribution in [-0.4, -0.2) is 54.9 Å². The van der Waals surface area contributed by atoms with Gasteiger partial charge in [0.25, 0.3) is 0 Å². The van der Waals surface area contributed by atoms with Gasteiger partial charge in [-0.15, -0.1) is 0 Å². The number of benzene rings is 2. The maximum absolute atomic E-state index is 12.5. The average Bonchev–Trinajstić information content (AvgIpc) is 3.11. The Morgan fingerprint density at radius 3 is 2.17 bits per heavy atom. The van der Waals surface area contributed by atoms with Crippen molar-refractivity contribution in [1.82, 2.24) is 10.2 Å². The van der Waals surface area contributed by atoms with E-state index in [1.54, 1.807) is 0 Å². The minimum atomic E-state index is -0.915. The fourth-order valence-electron chi connectivity index (χ4n) is 5.57. The standard InChI is InChI=1S/C24H26N2O4/c27-22(28)24(15-26-11-9-16(24)10-12-26)14-25-23(29)30-13-21-19-7-3-1-5-17(19)18-6-2-4-8-20(18)21/h1-8,16,21H,9-15H2,(H,25,29)(H,27,28). The molecule has 0 aromatic heterocycles. The van der Waals surface area contributed by atoms with E-state index in [4.69, 9.17) is 4.74 Å². The zero-order valence-electron chi connectivity index (χ0n) is 16.8. The van der Waals surface area contributed by atoms with Gasteiger partial charge in [-0.1, -0.05) is 48.5 Å². The smallest absolute Gasteiger partial charge is 0.407 e. The second kappa shape index (κ2) is 7.43. The monoisotopic (exact) mass is 406 g/mol. The predicted octanol–water partition coefficient (Wildman–Crippen LogP) is 3.32. The highest BCUT2D eigenvalue weighted by molar-refractivity contribution is 5.79. The Morgan fingerprint density at radius 2 is 1.63 bits per heavy atom. The van der Waals surface area contributed by atoms with Crippen molar-refractivity contribution in [3.8, 4) is 11.1 Å². The van der Waals surface area contributed by atoms with Crippen LogP contribution >= 0.6 is 0 Å². The Bertz CT molecular complexity index is 937. The molecule has 2 bridgehead atoms. The Balaban J connectivity index is 1.25. The number of piperidine rings is 3. The molecule has 2 aromatic carbocycles. The van der Waals surface area contributed by atoms with Crippen molar-refractivity contribution in [2.45, 2.75) is 18.8 Å². The normalized spacial score (nSPS) is 26.7. The van der Waals surface area contributed by atoms with Gasteiger partial charge in [-0.2, -0.15) is 0 Å². The van der Waals surface area contributed by atoms with Crippen LogP contribution in [0.15, 0.2) is 48.5 Å². The van der Waals surface area contributed by atoms with Crippen LogP contribution in [0.1, 0.15) is 29.9 Å². The summed E-state index contributed by atoms with van der Waals surface area (Å²) in [5.41, 5.74) is 3.76. The lowest BCUT2D eigenvalue weighted by Gasteiger charge is -2.50. The van der Waals surface area contributed by atoms with Crippen molar-refractivity contribution in [1.29, 1.82) is 0 Å². The van der Waals surface area contributed by atoms with Gasteiger partial charge in [0.2, 0.25) is 0 Å². The van der Waals surface area contributed by atoms with Crippen molar-refractivity contribution in [2.75, 3.05) is 32.8 Å². The van der Waals surface area contributed by atoms with Gasteiger partial charge in [0.15, 0.2) is 0 Å². The van der Waals surface area contributed by atoms with Crippen LogP contribution in [0.2, 0.25) is 0 Å². The molecule has 1 aliphatic carbocycles. The number of hydrogen-bond acceptors (Lipinski definition) is 4. The molecule has 6 nitrogen and oxygen atoms in total. The number of carboxylic acid groups (broad SMARTS) is 1. The highest BCUT2D eigenvalue weighted by atomic mass is 16.5. The SMILES string of the molecule is O=C(NCC1(C(=O)O)CN2CCC1CC2)OCC1c2ccccc2-c2ccccc21. The predicted molar refractivity (Wildman–Crippen MR) is 112 cm³/mol. The molecular weight excluding hydrogens is 380 g/mol. The molecular formula is C24H26N2O4. The maximum Gasteiger partial charge on any atom is 0.407 e. The van der Waals surface area contributed by atoms with Crippen LogP contribution in [-0.2, 0) is 9.53 Å². The second-order valence-corrected chi connectivity index (χ2v) is 8.69. The molecule has 0 saturated carbocycles. The lowest BCUT2D eigenvalue weighted by Crippen LogP contribution is -2.62. The molecule has 0 spiro atoms. The van der Waals surface area contributed by atoms with E-state index in [1.165, 1.54) is 11.1 Å². The quantitative estimate of drug-likeness (QED) is 0.796. The van der Waals surface area contributed by atoms with Crippen LogP contribution in [0.4, 0.5) is 4.79 Å². The van der Waals surface area contributed by atoms with Crippen LogP contribution in [0.3, 0.4) is 0 Å². The third-order valence-electron chi connectivity index (χ3n) is 7.19. The van der Waals surface area contributed by atoms with Crippen molar-refractivity contribution < 1.29 is 19.4 Å². The number of nitrogens with zero attached hydrogens (tertiary/aromatic N) is 1. The van der Waals surface area contributed by atoms with Crippen molar-refractivity contribution in [2.24, 2.45) is 11.3 Å². The summed E-state index contributed by atoms with van der Waals surface area (Å²) >= 11 is 0. The minimum Gasteiger partial charge on any atom is -0.481 e. The molecule has 2 N–H and O–H groups in total. The number of amides is 1. The summed E-state index contributed by atoms with van der Waals surface area (Å²) in [6.45, 7) is 2.74. The van der Waals surface area contributed by atoms with E-state index < -0.39 is 17.5 Å². The van der Waals surface area contributed by atoms with Gasteiger partial charge in [-0.25, -0.2) is 4.79 Å². The van der Waals surface area contributed by atoms with Gasteiger partial charge in [0, 0.05) is 19.0 Å². The number of carbonyl (C=O) groups excluding carboxylic acids is 1. The zero-order chi connectivity index (χ0) is 20.7. The van der Waals surface area contributed by atoms with Crippen molar-refractivity contribution >= 4 is 12.1 Å². The number of ether oxygens (including phenoxy) is 1. The number of nitrogens with one attached hydrogen (secondary N) is 1. The third-order valence-corrected chi connectivity index (χ3v) is 7.19. The maximum atomic E-state index is 12.5. The summed E-state index contributed by atoms with van der Waals surface area (Å²) < 4.78 is 5.58. The summed E-state index contributed by atoms with van der Waals surface area (Å²) in [6, 6.07) is 16.4. The topological polar surface area (TPSA) is 78.9 Å². The largest absolute Gasteiger partial charge is 0.481 e. The number of aliphatic carboxylic acids is 1. The fraction of sp³-hybridized carbons (Fsp3) is 0.417. The molecule has 6 rings (SSSR count). The van der Waals surface area contributed by atoms with Crippen molar-refractivity contribution in [3.05, 3.63) is 59.7 Å². The molecule has 6 heteroatoms. The van der Waals surface area contributed by atoms with Crippen LogP contribution in [0, 0.1) is 11.3 Å². The Morgan fingerprint density at radius 1 is 1.03 bits per heavy atom. The van der Waals surface area contributed by atoms with E-state index in [9.17, 15) is 14.7 Å². The van der Waals surface area contributed by atoms with Gasteiger partial charge in [0.05, 0.1) is 0 Å². The highest BCUT2D eigenvalue weighted by Gasteiger charge is 2.52. The fourth-order valence-corrected chi connectivity index (χ4v) is 5.57. The number of hydrogen-bond donors (Lipinski definition) is 2. The molecule has 1 atom stereocenters. The first-order chi connectivity index (χ1) is 14.6.